The molecule has 6 nitrogen and oxygen atoms in total. The summed E-state index contributed by atoms with van der Waals surface area (Å²) in [5, 5.41) is 8.64. The third kappa shape index (κ3) is 7.71. The molecule has 0 amide bonds. The molecule has 0 aliphatic heterocycles. The number of nitriles is 1. The summed E-state index contributed by atoms with van der Waals surface area (Å²) < 4.78 is 22.3. The van der Waals surface area contributed by atoms with Gasteiger partial charge >= 0.3 is 5.97 Å². The molecular weight excluding hydrogens is 394 g/mol. The van der Waals surface area contributed by atoms with Crippen molar-refractivity contribution in [3.8, 4) is 29.1 Å². The minimum atomic E-state index is -0.361. The van der Waals surface area contributed by atoms with E-state index in [1.165, 1.54) is 13.2 Å². The quantitative estimate of drug-likeness (QED) is 0.198. The Morgan fingerprint density at radius 1 is 1.03 bits per heavy atom. The third-order valence-corrected chi connectivity index (χ3v) is 4.44. The first kappa shape index (κ1) is 23.8. The van der Waals surface area contributed by atoms with Gasteiger partial charge < -0.3 is 18.9 Å². The Morgan fingerprint density at radius 2 is 1.84 bits per heavy atom. The summed E-state index contributed by atoms with van der Waals surface area (Å²) in [7, 11) is 1.50. The normalized spacial score (nSPS) is 10.5. The van der Waals surface area contributed by atoms with Crippen LogP contribution in [0.2, 0.25) is 0 Å². The molecule has 0 bridgehead atoms. The first-order valence-electron chi connectivity index (χ1n) is 10.4. The molecule has 0 saturated carbocycles. The van der Waals surface area contributed by atoms with Crippen molar-refractivity contribution in [2.45, 2.75) is 39.5 Å². The predicted octanol–water partition coefficient (Wildman–Crippen LogP) is 5.35. The summed E-state index contributed by atoms with van der Waals surface area (Å²) in [5.41, 5.74) is 1.75. The van der Waals surface area contributed by atoms with E-state index in [1.54, 1.807) is 24.3 Å². The molecule has 6 heteroatoms. The van der Waals surface area contributed by atoms with Crippen LogP contribution in [0.15, 0.2) is 42.5 Å². The molecule has 0 heterocycles. The van der Waals surface area contributed by atoms with E-state index in [0.717, 1.165) is 29.7 Å². The second-order valence-electron chi connectivity index (χ2n) is 6.76. The van der Waals surface area contributed by atoms with Crippen molar-refractivity contribution in [1.82, 2.24) is 0 Å². The van der Waals surface area contributed by atoms with E-state index < -0.39 is 0 Å². The highest BCUT2D eigenvalue weighted by Crippen LogP contribution is 2.31. The first-order valence-corrected chi connectivity index (χ1v) is 10.4. The molecule has 0 aromatic heterocycles. The van der Waals surface area contributed by atoms with E-state index in [1.807, 2.05) is 31.2 Å². The number of esters is 1. The van der Waals surface area contributed by atoms with Crippen LogP contribution in [0.4, 0.5) is 0 Å². The second kappa shape index (κ2) is 13.0. The molecule has 164 valence electrons. The summed E-state index contributed by atoms with van der Waals surface area (Å²) in [4.78, 5) is 12.4. The van der Waals surface area contributed by atoms with Crippen molar-refractivity contribution in [1.29, 1.82) is 5.26 Å². The van der Waals surface area contributed by atoms with Gasteiger partial charge in [-0.1, -0.05) is 25.5 Å². The molecule has 2 rings (SSSR count). The van der Waals surface area contributed by atoms with Crippen LogP contribution in [0, 0.1) is 11.3 Å². The van der Waals surface area contributed by atoms with E-state index >= 15 is 0 Å². The smallest absolute Gasteiger partial charge is 0.311 e. The van der Waals surface area contributed by atoms with Crippen LogP contribution in [0.3, 0.4) is 0 Å². The number of aryl methyl sites for hydroxylation is 1. The van der Waals surface area contributed by atoms with Crippen molar-refractivity contribution in [2.24, 2.45) is 0 Å². The molecule has 0 aliphatic rings. The minimum absolute atomic E-state index is 0.209. The largest absolute Gasteiger partial charge is 0.493 e. The highest BCUT2D eigenvalue weighted by molar-refractivity contribution is 5.74. The maximum atomic E-state index is 12.4. The molecule has 0 radical (unpaired) electrons. The van der Waals surface area contributed by atoms with Crippen LogP contribution in [0.1, 0.15) is 44.2 Å². The Morgan fingerprint density at radius 3 is 2.55 bits per heavy atom. The number of unbranched alkanes of at least 4 members (excludes halogenated alkanes) is 1. The molecule has 0 fully saturated rings. The molecular formula is C25H29NO5. The van der Waals surface area contributed by atoms with Crippen molar-refractivity contribution < 1.29 is 23.7 Å². The van der Waals surface area contributed by atoms with Crippen LogP contribution < -0.4 is 18.9 Å². The zero-order valence-electron chi connectivity index (χ0n) is 18.3. The number of hydrogen-bond donors (Lipinski definition) is 0. The summed E-state index contributed by atoms with van der Waals surface area (Å²) >= 11 is 0. The standard InChI is InChI=1S/C25H29NO5/c1-4-6-16-30-21-12-9-20(18-24(21)29-5-2)11-14-25(27)31-22-13-10-19(8-7-15-26)17-23(22)28-3/h7-10,12-13,17-18H,4-6,11,14,16H2,1-3H3/b8-7-. The Kier molecular flexibility index (Phi) is 9.96. The van der Waals surface area contributed by atoms with E-state index in [9.17, 15) is 4.79 Å². The van der Waals surface area contributed by atoms with Gasteiger partial charge in [0.05, 0.1) is 26.4 Å². The molecule has 0 saturated heterocycles. The molecule has 0 atom stereocenters. The van der Waals surface area contributed by atoms with Crippen LogP contribution in [-0.4, -0.2) is 26.3 Å². The first-order chi connectivity index (χ1) is 15.1. The number of methoxy groups -OCH3 is 1. The van der Waals surface area contributed by atoms with E-state index in [4.69, 9.17) is 24.2 Å². The van der Waals surface area contributed by atoms with E-state index in [2.05, 4.69) is 6.92 Å². The molecule has 2 aromatic rings. The number of rotatable bonds is 12. The summed E-state index contributed by atoms with van der Waals surface area (Å²) in [6, 6.07) is 12.8. The van der Waals surface area contributed by atoms with E-state index in [0.29, 0.717) is 36.9 Å². The highest BCUT2D eigenvalue weighted by atomic mass is 16.6. The molecule has 31 heavy (non-hydrogen) atoms. The lowest BCUT2D eigenvalue weighted by Gasteiger charge is -2.13. The molecule has 0 unspecified atom stereocenters. The second-order valence-corrected chi connectivity index (χ2v) is 6.76. The monoisotopic (exact) mass is 423 g/mol. The average Bonchev–Trinajstić information content (AvgIpc) is 2.78. The lowest BCUT2D eigenvalue weighted by Crippen LogP contribution is -2.10. The van der Waals surface area contributed by atoms with Gasteiger partial charge in [0, 0.05) is 12.5 Å². The lowest BCUT2D eigenvalue weighted by atomic mass is 10.1. The summed E-state index contributed by atoms with van der Waals surface area (Å²) in [6.45, 7) is 5.23. The van der Waals surface area contributed by atoms with Gasteiger partial charge in [-0.3, -0.25) is 4.79 Å². The fraction of sp³-hybridized carbons (Fsp3) is 0.360. The minimum Gasteiger partial charge on any atom is -0.493 e. The summed E-state index contributed by atoms with van der Waals surface area (Å²) in [6.07, 6.45) is 5.80. The van der Waals surface area contributed by atoms with Crippen LogP contribution >= 0.6 is 0 Å². The average molecular weight is 424 g/mol. The highest BCUT2D eigenvalue weighted by Gasteiger charge is 2.12. The van der Waals surface area contributed by atoms with Gasteiger partial charge in [-0.05, 0) is 61.2 Å². The van der Waals surface area contributed by atoms with Gasteiger partial charge in [0.1, 0.15) is 0 Å². The van der Waals surface area contributed by atoms with Crippen molar-refractivity contribution >= 4 is 12.0 Å². The predicted molar refractivity (Wildman–Crippen MR) is 120 cm³/mol. The van der Waals surface area contributed by atoms with Gasteiger partial charge in [-0.25, -0.2) is 0 Å². The van der Waals surface area contributed by atoms with Gasteiger partial charge in [-0.2, -0.15) is 5.26 Å². The number of benzene rings is 2. The Hall–Kier alpha value is -3.46. The van der Waals surface area contributed by atoms with Gasteiger partial charge in [0.15, 0.2) is 23.0 Å². The SMILES string of the molecule is CCCCOc1ccc(CCC(=O)Oc2ccc(/C=C\C#N)cc2OC)cc1OCC. The fourth-order valence-corrected chi connectivity index (χ4v) is 2.85. The maximum absolute atomic E-state index is 12.4. The number of carbonyl (C=O) groups is 1. The third-order valence-electron chi connectivity index (χ3n) is 4.44. The molecule has 0 N–H and O–H groups in total. The zero-order valence-corrected chi connectivity index (χ0v) is 18.3. The Balaban J connectivity index is 1.99. The fourth-order valence-electron chi connectivity index (χ4n) is 2.85. The van der Waals surface area contributed by atoms with Crippen molar-refractivity contribution in [2.75, 3.05) is 20.3 Å². The van der Waals surface area contributed by atoms with Gasteiger partial charge in [0.2, 0.25) is 0 Å². The number of allylic oxidation sites excluding steroid dienone is 1. The number of carbonyl (C=O) groups excluding carboxylic acids is 1. The molecule has 0 aliphatic carbocycles. The zero-order chi connectivity index (χ0) is 22.5. The van der Waals surface area contributed by atoms with Gasteiger partial charge in [0.25, 0.3) is 0 Å². The van der Waals surface area contributed by atoms with Crippen molar-refractivity contribution in [3.63, 3.8) is 0 Å². The van der Waals surface area contributed by atoms with Crippen LogP contribution in [0.25, 0.3) is 6.08 Å². The Bertz CT molecular complexity index is 930. The van der Waals surface area contributed by atoms with Crippen molar-refractivity contribution in [3.05, 3.63) is 53.6 Å². The van der Waals surface area contributed by atoms with Crippen LogP contribution in [0.5, 0.6) is 23.0 Å². The lowest BCUT2D eigenvalue weighted by molar-refractivity contribution is -0.134. The molecule has 2 aromatic carbocycles. The molecule has 0 spiro atoms. The van der Waals surface area contributed by atoms with Gasteiger partial charge in [-0.15, -0.1) is 0 Å². The topological polar surface area (TPSA) is 77.8 Å². The number of hydrogen-bond acceptors (Lipinski definition) is 6. The maximum Gasteiger partial charge on any atom is 0.311 e. The number of ether oxygens (including phenoxy) is 4. The number of nitrogens with zero attached hydrogens (tertiary/aromatic N) is 1. The van der Waals surface area contributed by atoms with E-state index in [-0.39, 0.29) is 12.4 Å². The Labute approximate surface area is 184 Å². The summed E-state index contributed by atoms with van der Waals surface area (Å²) in [5.74, 6) is 1.82. The van der Waals surface area contributed by atoms with Crippen LogP contribution in [-0.2, 0) is 11.2 Å².